The normalized spacial score (nSPS) is 11.5. The average Bonchev–Trinajstić information content (AvgIpc) is 3.02. The van der Waals surface area contributed by atoms with E-state index < -0.39 is 28.3 Å². The first-order valence-corrected chi connectivity index (χ1v) is 8.62. The topological polar surface area (TPSA) is 110 Å². The number of aromatic nitrogens is 2. The maximum atomic E-state index is 12.7. The molecule has 0 saturated carbocycles. The Labute approximate surface area is 156 Å². The Kier molecular flexibility index (Phi) is 6.31. The second-order valence-electron chi connectivity index (χ2n) is 5.81. The Hall–Kier alpha value is -2.76. The summed E-state index contributed by atoms with van der Waals surface area (Å²) in [4.78, 5) is 22.0. The highest BCUT2D eigenvalue weighted by Gasteiger charge is 2.33. The number of nitrogens with one attached hydrogen (secondary N) is 2. The zero-order valence-electron chi connectivity index (χ0n) is 14.3. The van der Waals surface area contributed by atoms with E-state index in [-0.39, 0.29) is 24.6 Å². The Balaban J connectivity index is 1.95. The lowest BCUT2D eigenvalue weighted by molar-refractivity contribution is -0.384. The molecule has 8 nitrogen and oxygen atoms in total. The summed E-state index contributed by atoms with van der Waals surface area (Å²) < 4.78 is 38.0. The predicted octanol–water partition coefficient (Wildman–Crippen LogP) is 4.03. The van der Waals surface area contributed by atoms with Gasteiger partial charge in [0.05, 0.1) is 10.5 Å². The van der Waals surface area contributed by atoms with Crippen LogP contribution >= 0.6 is 11.3 Å². The molecule has 0 atom stereocenters. The maximum Gasteiger partial charge on any atom is 0.416 e. The lowest BCUT2D eigenvalue weighted by Gasteiger charge is -2.10. The van der Waals surface area contributed by atoms with Crippen LogP contribution in [0.4, 0.5) is 29.7 Å². The largest absolute Gasteiger partial charge is 0.416 e. The number of nitro benzene ring substituents is 1. The van der Waals surface area contributed by atoms with Crippen LogP contribution in [0.3, 0.4) is 0 Å². The van der Waals surface area contributed by atoms with Gasteiger partial charge in [-0.25, -0.2) is 0 Å². The molecule has 27 heavy (non-hydrogen) atoms. The first kappa shape index (κ1) is 20.6. The minimum Gasteiger partial charge on any atom is -0.379 e. The van der Waals surface area contributed by atoms with Crippen molar-refractivity contribution in [1.82, 2.24) is 10.2 Å². The summed E-state index contributed by atoms with van der Waals surface area (Å²) in [6.07, 6.45) is -4.74. The van der Waals surface area contributed by atoms with Crippen molar-refractivity contribution >= 4 is 33.8 Å². The van der Waals surface area contributed by atoms with Gasteiger partial charge in [-0.05, 0) is 12.1 Å². The van der Waals surface area contributed by atoms with Crippen LogP contribution in [0.5, 0.6) is 0 Å². The fourth-order valence-corrected chi connectivity index (χ4v) is 2.78. The molecule has 0 aliphatic carbocycles. The van der Waals surface area contributed by atoms with Crippen LogP contribution in [-0.2, 0) is 11.0 Å². The molecule has 0 unspecified atom stereocenters. The van der Waals surface area contributed by atoms with E-state index in [2.05, 4.69) is 20.8 Å². The van der Waals surface area contributed by atoms with Gasteiger partial charge in [0.2, 0.25) is 11.0 Å². The SMILES string of the molecule is CC(C)c1nnc(NC(=O)CCNc2ccc(C(F)(F)F)cc2[N+](=O)[O-])s1. The Morgan fingerprint density at radius 2 is 2.04 bits per heavy atom. The molecule has 0 aliphatic heterocycles. The first-order chi connectivity index (χ1) is 12.6. The molecule has 0 aliphatic rings. The number of halogens is 3. The zero-order chi connectivity index (χ0) is 20.2. The number of nitrogens with zero attached hydrogens (tertiary/aromatic N) is 3. The van der Waals surface area contributed by atoms with E-state index in [0.717, 1.165) is 17.1 Å². The molecule has 2 N–H and O–H groups in total. The standard InChI is InChI=1S/C15H16F3N5O3S/c1-8(2)13-21-22-14(27-13)20-12(24)5-6-19-10-4-3-9(15(16,17)18)7-11(10)23(25)26/h3-4,7-8,19H,5-6H2,1-2H3,(H,20,22,24). The molecular formula is C15H16F3N5O3S. The van der Waals surface area contributed by atoms with Gasteiger partial charge in [-0.3, -0.25) is 14.9 Å². The number of amides is 1. The van der Waals surface area contributed by atoms with Gasteiger partial charge in [0.1, 0.15) is 10.7 Å². The van der Waals surface area contributed by atoms with Crippen molar-refractivity contribution in [3.05, 3.63) is 38.9 Å². The molecule has 12 heteroatoms. The van der Waals surface area contributed by atoms with Gasteiger partial charge in [-0.2, -0.15) is 13.2 Å². The highest BCUT2D eigenvalue weighted by atomic mass is 32.1. The average molecular weight is 403 g/mol. The molecule has 1 aromatic heterocycles. The van der Waals surface area contributed by atoms with Crippen molar-refractivity contribution in [3.63, 3.8) is 0 Å². The van der Waals surface area contributed by atoms with Gasteiger partial charge in [-0.15, -0.1) is 10.2 Å². The van der Waals surface area contributed by atoms with Gasteiger partial charge in [0.15, 0.2) is 0 Å². The third kappa shape index (κ3) is 5.61. The molecule has 1 heterocycles. The fourth-order valence-electron chi connectivity index (χ4n) is 2.02. The number of hydrogen-bond acceptors (Lipinski definition) is 7. The number of alkyl halides is 3. The number of anilines is 2. The Morgan fingerprint density at radius 1 is 1.33 bits per heavy atom. The van der Waals surface area contributed by atoms with Crippen molar-refractivity contribution in [2.45, 2.75) is 32.4 Å². The molecule has 1 aromatic carbocycles. The number of nitro groups is 1. The van der Waals surface area contributed by atoms with Crippen LogP contribution in [0, 0.1) is 10.1 Å². The lowest BCUT2D eigenvalue weighted by atomic mass is 10.1. The van der Waals surface area contributed by atoms with Crippen molar-refractivity contribution in [2.75, 3.05) is 17.2 Å². The van der Waals surface area contributed by atoms with E-state index >= 15 is 0 Å². The van der Waals surface area contributed by atoms with Crippen LogP contribution in [0.2, 0.25) is 0 Å². The molecule has 2 aromatic rings. The molecule has 1 amide bonds. The highest BCUT2D eigenvalue weighted by molar-refractivity contribution is 7.15. The van der Waals surface area contributed by atoms with Crippen LogP contribution in [0.1, 0.15) is 36.8 Å². The van der Waals surface area contributed by atoms with E-state index in [1.54, 1.807) is 0 Å². The third-order valence-electron chi connectivity index (χ3n) is 3.37. The highest BCUT2D eigenvalue weighted by Crippen LogP contribution is 2.34. The first-order valence-electron chi connectivity index (χ1n) is 7.80. The van der Waals surface area contributed by atoms with Crippen molar-refractivity contribution < 1.29 is 22.9 Å². The minimum absolute atomic E-state index is 0.00607. The molecule has 2 rings (SSSR count). The van der Waals surface area contributed by atoms with Crippen LogP contribution in [0.25, 0.3) is 0 Å². The molecular weight excluding hydrogens is 387 g/mol. The Morgan fingerprint density at radius 3 is 2.59 bits per heavy atom. The van der Waals surface area contributed by atoms with E-state index in [0.29, 0.717) is 11.2 Å². The summed E-state index contributed by atoms with van der Waals surface area (Å²) in [5.41, 5.74) is -1.93. The molecule has 0 spiro atoms. The molecule has 146 valence electrons. The summed E-state index contributed by atoms with van der Waals surface area (Å²) in [5.74, 6) is -0.224. The Bertz CT molecular complexity index is 838. The second-order valence-corrected chi connectivity index (χ2v) is 6.82. The van der Waals surface area contributed by atoms with Crippen molar-refractivity contribution in [1.29, 1.82) is 0 Å². The van der Waals surface area contributed by atoms with Crippen molar-refractivity contribution in [2.24, 2.45) is 0 Å². The van der Waals surface area contributed by atoms with Gasteiger partial charge in [0.25, 0.3) is 5.69 Å². The van der Waals surface area contributed by atoms with Gasteiger partial charge >= 0.3 is 6.18 Å². The monoisotopic (exact) mass is 403 g/mol. The summed E-state index contributed by atoms with van der Waals surface area (Å²) in [7, 11) is 0. The summed E-state index contributed by atoms with van der Waals surface area (Å²) in [6, 6.07) is 2.17. The number of carbonyl (C=O) groups is 1. The van der Waals surface area contributed by atoms with E-state index in [1.165, 1.54) is 11.3 Å². The molecule has 0 fully saturated rings. The summed E-state index contributed by atoms with van der Waals surface area (Å²) in [5, 5.41) is 25.0. The second kappa shape index (κ2) is 8.29. The van der Waals surface area contributed by atoms with Gasteiger partial charge in [0, 0.05) is 24.9 Å². The predicted molar refractivity (Wildman–Crippen MR) is 93.8 cm³/mol. The lowest BCUT2D eigenvalue weighted by Crippen LogP contribution is -2.16. The zero-order valence-corrected chi connectivity index (χ0v) is 15.1. The molecule has 0 radical (unpaired) electrons. The number of hydrogen-bond donors (Lipinski definition) is 2. The summed E-state index contributed by atoms with van der Waals surface area (Å²) >= 11 is 1.24. The molecule has 0 saturated heterocycles. The van der Waals surface area contributed by atoms with E-state index in [4.69, 9.17) is 0 Å². The summed E-state index contributed by atoms with van der Waals surface area (Å²) in [6.45, 7) is 3.87. The van der Waals surface area contributed by atoms with Gasteiger partial charge in [-0.1, -0.05) is 25.2 Å². The van der Waals surface area contributed by atoms with Crippen LogP contribution in [0.15, 0.2) is 18.2 Å². The van der Waals surface area contributed by atoms with Crippen molar-refractivity contribution in [3.8, 4) is 0 Å². The third-order valence-corrected chi connectivity index (χ3v) is 4.51. The quantitative estimate of drug-likeness (QED) is 0.534. The maximum absolute atomic E-state index is 12.7. The fraction of sp³-hybridized carbons (Fsp3) is 0.400. The number of rotatable bonds is 7. The molecule has 0 bridgehead atoms. The minimum atomic E-state index is -4.68. The van der Waals surface area contributed by atoms with E-state index in [1.807, 2.05) is 13.8 Å². The number of carbonyl (C=O) groups excluding carboxylic acids is 1. The number of benzene rings is 1. The van der Waals surface area contributed by atoms with Gasteiger partial charge < -0.3 is 10.6 Å². The van der Waals surface area contributed by atoms with E-state index in [9.17, 15) is 28.1 Å². The van der Waals surface area contributed by atoms with Crippen LogP contribution in [-0.4, -0.2) is 27.6 Å². The van der Waals surface area contributed by atoms with Crippen LogP contribution < -0.4 is 10.6 Å². The smallest absolute Gasteiger partial charge is 0.379 e.